The minimum atomic E-state index is -1.51. The monoisotopic (exact) mass is 444 g/mol. The molecule has 1 aliphatic rings. The van der Waals surface area contributed by atoms with E-state index in [9.17, 15) is 30.0 Å². The van der Waals surface area contributed by atoms with E-state index in [0.717, 1.165) is 0 Å². The minimum Gasteiger partial charge on any atom is -0.462 e. The van der Waals surface area contributed by atoms with Gasteiger partial charge in [0.1, 0.15) is 11.9 Å². The number of aliphatic hydroxyl groups excluding tert-OH is 3. The van der Waals surface area contributed by atoms with Crippen LogP contribution in [0.1, 0.15) is 74.7 Å². The van der Waals surface area contributed by atoms with Crippen LogP contribution in [0.15, 0.2) is 0 Å². The Morgan fingerprint density at radius 3 is 1.97 bits per heavy atom. The topological polar surface area (TPSA) is 124 Å². The van der Waals surface area contributed by atoms with Gasteiger partial charge in [-0.2, -0.15) is 0 Å². The molecule has 1 aliphatic heterocycles. The van der Waals surface area contributed by atoms with Crippen LogP contribution in [-0.2, 0) is 14.3 Å². The van der Waals surface area contributed by atoms with E-state index in [1.165, 1.54) is 13.8 Å². The number of ketones is 1. The van der Waals surface area contributed by atoms with Crippen LogP contribution in [0.4, 0.5) is 0 Å². The third-order valence-electron chi connectivity index (χ3n) is 7.32. The lowest BCUT2D eigenvalue weighted by Crippen LogP contribution is -2.50. The zero-order valence-corrected chi connectivity index (χ0v) is 20.4. The van der Waals surface area contributed by atoms with E-state index >= 15 is 0 Å². The zero-order valence-electron chi connectivity index (χ0n) is 20.4. The number of hydrogen-bond donors (Lipinski definition) is 4. The molecule has 0 amide bonds. The standard InChI is InChI=1S/C24H44O7/c1-9-18-14(4)20(26)15(5)19(25)13(3)10-12(2)11-24(8,30)22(28)16(6)21(27)17(7)23(29)31-18/h12-18,20-22,26-28,30H,9-11H2,1-8H3. The first-order chi connectivity index (χ1) is 14.1. The highest BCUT2D eigenvalue weighted by molar-refractivity contribution is 5.83. The van der Waals surface area contributed by atoms with Gasteiger partial charge in [-0.05, 0) is 39.0 Å². The molecule has 0 aromatic carbocycles. The molecule has 1 heterocycles. The smallest absolute Gasteiger partial charge is 0.311 e. The Hall–Kier alpha value is -1.02. The zero-order chi connectivity index (χ0) is 24.3. The lowest BCUT2D eigenvalue weighted by Gasteiger charge is -2.39. The van der Waals surface area contributed by atoms with Crippen LogP contribution in [0.5, 0.6) is 0 Å². The summed E-state index contributed by atoms with van der Waals surface area (Å²) in [7, 11) is 0. The fourth-order valence-corrected chi connectivity index (χ4v) is 5.09. The van der Waals surface area contributed by atoms with Gasteiger partial charge in [-0.3, -0.25) is 9.59 Å². The number of Topliss-reactive ketones (excluding diaryl/α,β-unsaturated/α-hetero) is 1. The fourth-order valence-electron chi connectivity index (χ4n) is 5.09. The molecule has 11 atom stereocenters. The van der Waals surface area contributed by atoms with Crippen LogP contribution in [0.2, 0.25) is 0 Å². The molecule has 1 saturated heterocycles. The predicted octanol–water partition coefficient (Wildman–Crippen LogP) is 2.32. The molecule has 0 aromatic heterocycles. The lowest BCUT2D eigenvalue weighted by molar-refractivity contribution is -0.169. The van der Waals surface area contributed by atoms with Gasteiger partial charge in [0, 0.05) is 23.7 Å². The van der Waals surface area contributed by atoms with Crippen LogP contribution in [0.3, 0.4) is 0 Å². The second kappa shape index (κ2) is 11.2. The number of aliphatic hydroxyl groups is 4. The van der Waals surface area contributed by atoms with E-state index in [-0.39, 0.29) is 24.0 Å². The molecule has 4 N–H and O–H groups in total. The Balaban J connectivity index is 3.31. The first-order valence-electron chi connectivity index (χ1n) is 11.7. The fraction of sp³-hybridized carbons (Fsp3) is 0.917. The number of hydrogen-bond acceptors (Lipinski definition) is 7. The molecule has 0 aromatic rings. The van der Waals surface area contributed by atoms with Crippen molar-refractivity contribution >= 4 is 11.8 Å². The van der Waals surface area contributed by atoms with Crippen LogP contribution >= 0.6 is 0 Å². The summed E-state index contributed by atoms with van der Waals surface area (Å²) in [5.74, 6) is -3.91. The molecule has 0 saturated carbocycles. The van der Waals surface area contributed by atoms with Crippen molar-refractivity contribution in [3.8, 4) is 0 Å². The second-order valence-electron chi connectivity index (χ2n) is 10.3. The Bertz CT molecular complexity index is 605. The van der Waals surface area contributed by atoms with Gasteiger partial charge in [0.15, 0.2) is 0 Å². The molecule has 1 rings (SSSR count). The molecule has 0 bridgehead atoms. The Kier molecular flexibility index (Phi) is 10.1. The summed E-state index contributed by atoms with van der Waals surface area (Å²) < 4.78 is 5.61. The molecule has 31 heavy (non-hydrogen) atoms. The highest BCUT2D eigenvalue weighted by Gasteiger charge is 2.43. The largest absolute Gasteiger partial charge is 0.462 e. The van der Waals surface area contributed by atoms with Crippen molar-refractivity contribution in [2.24, 2.45) is 35.5 Å². The van der Waals surface area contributed by atoms with Crippen molar-refractivity contribution in [3.05, 3.63) is 0 Å². The molecule has 0 radical (unpaired) electrons. The highest BCUT2D eigenvalue weighted by Crippen LogP contribution is 2.33. The average Bonchev–Trinajstić information content (AvgIpc) is 2.71. The third kappa shape index (κ3) is 6.73. The molecular weight excluding hydrogens is 400 g/mol. The maximum atomic E-state index is 13.0. The number of carbonyl (C=O) groups is 2. The molecule has 0 spiro atoms. The van der Waals surface area contributed by atoms with Gasteiger partial charge in [-0.15, -0.1) is 0 Å². The Morgan fingerprint density at radius 1 is 0.935 bits per heavy atom. The van der Waals surface area contributed by atoms with Crippen molar-refractivity contribution in [1.82, 2.24) is 0 Å². The maximum absolute atomic E-state index is 13.0. The van der Waals surface area contributed by atoms with Crippen molar-refractivity contribution in [1.29, 1.82) is 0 Å². The normalized spacial score (nSPS) is 47.1. The van der Waals surface area contributed by atoms with Gasteiger partial charge in [0.25, 0.3) is 0 Å². The molecule has 182 valence electrons. The summed E-state index contributed by atoms with van der Waals surface area (Å²) in [4.78, 5) is 25.7. The first kappa shape index (κ1) is 28.0. The number of carbonyl (C=O) groups excluding carboxylic acids is 2. The summed E-state index contributed by atoms with van der Waals surface area (Å²) in [6.07, 6.45) is -2.87. The van der Waals surface area contributed by atoms with Crippen LogP contribution in [0.25, 0.3) is 0 Å². The Morgan fingerprint density at radius 2 is 1.45 bits per heavy atom. The van der Waals surface area contributed by atoms with Crippen molar-refractivity contribution in [2.75, 3.05) is 0 Å². The van der Waals surface area contributed by atoms with E-state index in [4.69, 9.17) is 4.74 Å². The van der Waals surface area contributed by atoms with Crippen LogP contribution in [-0.4, -0.2) is 62.2 Å². The second-order valence-corrected chi connectivity index (χ2v) is 10.3. The van der Waals surface area contributed by atoms with E-state index in [2.05, 4.69) is 0 Å². The van der Waals surface area contributed by atoms with Gasteiger partial charge in [-0.25, -0.2) is 0 Å². The van der Waals surface area contributed by atoms with E-state index in [0.29, 0.717) is 12.8 Å². The van der Waals surface area contributed by atoms with Gasteiger partial charge < -0.3 is 25.2 Å². The van der Waals surface area contributed by atoms with E-state index in [1.54, 1.807) is 20.8 Å². The molecule has 11 unspecified atom stereocenters. The van der Waals surface area contributed by atoms with Crippen LogP contribution < -0.4 is 0 Å². The quantitative estimate of drug-likeness (QED) is 0.458. The van der Waals surface area contributed by atoms with Gasteiger partial charge in [0.05, 0.1) is 29.8 Å². The molecule has 7 heteroatoms. The summed E-state index contributed by atoms with van der Waals surface area (Å²) >= 11 is 0. The lowest BCUT2D eigenvalue weighted by atomic mass is 9.75. The molecule has 1 fully saturated rings. The highest BCUT2D eigenvalue weighted by atomic mass is 16.5. The third-order valence-corrected chi connectivity index (χ3v) is 7.32. The minimum absolute atomic E-state index is 0.0724. The first-order valence-corrected chi connectivity index (χ1v) is 11.7. The van der Waals surface area contributed by atoms with E-state index in [1.807, 2.05) is 20.8 Å². The van der Waals surface area contributed by atoms with Crippen molar-refractivity contribution < 1.29 is 34.8 Å². The maximum Gasteiger partial charge on any atom is 0.311 e. The predicted molar refractivity (Wildman–Crippen MR) is 118 cm³/mol. The van der Waals surface area contributed by atoms with E-state index < -0.39 is 59.7 Å². The number of ether oxygens (including phenoxy) is 1. The van der Waals surface area contributed by atoms with Gasteiger partial charge >= 0.3 is 5.97 Å². The Labute approximate surface area is 187 Å². The van der Waals surface area contributed by atoms with Crippen LogP contribution in [0, 0.1) is 35.5 Å². The summed E-state index contributed by atoms with van der Waals surface area (Å²) in [5.41, 5.74) is -1.51. The summed E-state index contributed by atoms with van der Waals surface area (Å²) in [5, 5.41) is 43.3. The molecule has 7 nitrogen and oxygen atoms in total. The van der Waals surface area contributed by atoms with Gasteiger partial charge in [0.2, 0.25) is 0 Å². The van der Waals surface area contributed by atoms with Crippen molar-refractivity contribution in [3.63, 3.8) is 0 Å². The van der Waals surface area contributed by atoms with Gasteiger partial charge in [-0.1, -0.05) is 41.5 Å². The SMILES string of the molecule is CCC1OC(=O)C(C)C(O)C(C)C(O)C(C)(O)CC(C)CC(C)C(=O)C(C)C(O)C1C. The molecular formula is C24H44O7. The number of cyclic esters (lactones) is 1. The number of rotatable bonds is 1. The average molecular weight is 445 g/mol. The van der Waals surface area contributed by atoms with Crippen molar-refractivity contribution in [2.45, 2.75) is 105 Å². The summed E-state index contributed by atoms with van der Waals surface area (Å²) in [6, 6.07) is 0. The molecule has 0 aliphatic carbocycles. The number of esters is 1. The summed E-state index contributed by atoms with van der Waals surface area (Å²) in [6.45, 7) is 13.6.